The third kappa shape index (κ3) is 5.66. The highest BCUT2D eigenvalue weighted by Crippen LogP contribution is 2.68. The van der Waals surface area contributed by atoms with E-state index in [0.29, 0.717) is 19.3 Å². The number of carboxylic acids is 1. The molecule has 1 N–H and O–H groups in total. The van der Waals surface area contributed by atoms with Gasteiger partial charge in [-0.2, -0.15) is 5.26 Å². The van der Waals surface area contributed by atoms with Crippen molar-refractivity contribution in [3.63, 3.8) is 0 Å². The second-order valence-corrected chi connectivity index (χ2v) is 15.3. The number of nitrogens with zero attached hydrogens (tertiary/aromatic N) is 1. The zero-order valence-electron chi connectivity index (χ0n) is 26.0. The number of fused-ring (bicyclic) bond motifs is 1. The molecule has 0 spiro atoms. The van der Waals surface area contributed by atoms with E-state index < -0.39 is 22.2 Å². The van der Waals surface area contributed by atoms with Crippen molar-refractivity contribution in [2.45, 2.75) is 128 Å². The Hall–Kier alpha value is -1.96. The topological polar surface area (TPSA) is 95.2 Å². The van der Waals surface area contributed by atoms with Crippen LogP contribution in [0, 0.1) is 55.7 Å². The van der Waals surface area contributed by atoms with Crippen molar-refractivity contribution in [3.8, 4) is 6.07 Å². The largest absolute Gasteiger partial charge is 0.481 e. The normalized spacial score (nSPS) is 31.0. The van der Waals surface area contributed by atoms with E-state index in [1.165, 1.54) is 0 Å². The van der Waals surface area contributed by atoms with Gasteiger partial charge in [-0.1, -0.05) is 74.8 Å². The number of hydrogen-bond acceptors (Lipinski definition) is 4. The van der Waals surface area contributed by atoms with Gasteiger partial charge in [-0.05, 0) is 85.9 Å². The fourth-order valence-electron chi connectivity index (χ4n) is 7.71. The first-order valence-electron chi connectivity index (χ1n) is 14.5. The van der Waals surface area contributed by atoms with E-state index >= 15 is 0 Å². The molecule has 0 amide bonds. The molecule has 1 saturated carbocycles. The Morgan fingerprint density at radius 3 is 2.08 bits per heavy atom. The lowest BCUT2D eigenvalue weighted by atomic mass is 9.39. The minimum absolute atomic E-state index is 0.0355. The first-order valence-corrected chi connectivity index (χ1v) is 14.5. The molecule has 0 unspecified atom stereocenters. The molecule has 0 bridgehead atoms. The molecule has 0 aromatic carbocycles. The van der Waals surface area contributed by atoms with Gasteiger partial charge in [-0.3, -0.25) is 9.59 Å². The molecule has 5 nitrogen and oxygen atoms in total. The van der Waals surface area contributed by atoms with Gasteiger partial charge >= 0.3 is 5.97 Å². The maximum absolute atomic E-state index is 13.2. The quantitative estimate of drug-likeness (QED) is 0.292. The Kier molecular flexibility index (Phi) is 8.95. The molecule has 5 atom stereocenters. The summed E-state index contributed by atoms with van der Waals surface area (Å²) in [6, 6.07) is 2.16. The minimum atomic E-state index is -0.815. The Morgan fingerprint density at radius 2 is 1.61 bits per heavy atom. The number of carboxylic acid groups (broad SMARTS) is 1. The van der Waals surface area contributed by atoms with Crippen molar-refractivity contribution in [2.75, 3.05) is 0 Å². The number of ketones is 2. The Morgan fingerprint density at radius 1 is 1.05 bits per heavy atom. The molecule has 5 heteroatoms. The summed E-state index contributed by atoms with van der Waals surface area (Å²) in [6.45, 7) is 22.9. The van der Waals surface area contributed by atoms with Crippen LogP contribution in [0.5, 0.6) is 0 Å². The van der Waals surface area contributed by atoms with Crippen LogP contribution in [-0.2, 0) is 14.4 Å². The molecule has 0 saturated heterocycles. The highest BCUT2D eigenvalue weighted by molar-refractivity contribution is 6.04. The molecule has 214 valence electrons. The zero-order valence-corrected chi connectivity index (χ0v) is 26.0. The summed E-state index contributed by atoms with van der Waals surface area (Å²) < 4.78 is 0. The van der Waals surface area contributed by atoms with Crippen molar-refractivity contribution in [3.05, 3.63) is 11.6 Å². The van der Waals surface area contributed by atoms with E-state index in [4.69, 9.17) is 0 Å². The summed E-state index contributed by atoms with van der Waals surface area (Å²) in [6.07, 6.45) is 7.77. The molecule has 0 radical (unpaired) electrons. The lowest BCUT2D eigenvalue weighted by Gasteiger charge is -2.64. The molecular formula is C33H53NO4. The highest BCUT2D eigenvalue weighted by atomic mass is 16.4. The van der Waals surface area contributed by atoms with E-state index in [-0.39, 0.29) is 45.2 Å². The monoisotopic (exact) mass is 527 g/mol. The van der Waals surface area contributed by atoms with Crippen LogP contribution in [0.15, 0.2) is 11.6 Å². The number of rotatable bonds is 11. The van der Waals surface area contributed by atoms with Crippen LogP contribution in [0.4, 0.5) is 0 Å². The molecule has 38 heavy (non-hydrogen) atoms. The predicted octanol–water partition coefficient (Wildman–Crippen LogP) is 8.18. The lowest BCUT2D eigenvalue weighted by Crippen LogP contribution is -2.60. The van der Waals surface area contributed by atoms with Crippen LogP contribution in [0.1, 0.15) is 128 Å². The second-order valence-electron chi connectivity index (χ2n) is 15.3. The number of nitriles is 1. The van der Waals surface area contributed by atoms with Gasteiger partial charge in [0.1, 0.15) is 11.9 Å². The van der Waals surface area contributed by atoms with E-state index in [1.807, 2.05) is 26.8 Å². The fraction of sp³-hybridized carbons (Fsp3) is 0.818. The van der Waals surface area contributed by atoms with E-state index in [9.17, 15) is 24.8 Å². The van der Waals surface area contributed by atoms with Gasteiger partial charge in [0.15, 0.2) is 5.78 Å². The molecule has 0 heterocycles. The molecule has 0 aromatic heterocycles. The van der Waals surface area contributed by atoms with Gasteiger partial charge in [-0.25, -0.2) is 0 Å². The number of carbonyl (C=O) groups excluding carboxylic acids is 2. The van der Waals surface area contributed by atoms with Crippen molar-refractivity contribution in [2.24, 2.45) is 44.3 Å². The number of hydrogen-bond donors (Lipinski definition) is 1. The average Bonchev–Trinajstić information content (AvgIpc) is 2.81. The predicted molar refractivity (Wildman–Crippen MR) is 152 cm³/mol. The highest BCUT2D eigenvalue weighted by Gasteiger charge is 2.63. The second kappa shape index (κ2) is 10.5. The zero-order chi connectivity index (χ0) is 29.5. The van der Waals surface area contributed by atoms with Crippen LogP contribution < -0.4 is 0 Å². The van der Waals surface area contributed by atoms with Gasteiger partial charge in [0.05, 0.1) is 11.0 Å². The van der Waals surface area contributed by atoms with Gasteiger partial charge in [-0.15, -0.1) is 0 Å². The first-order chi connectivity index (χ1) is 17.1. The maximum Gasteiger partial charge on any atom is 0.309 e. The van der Waals surface area contributed by atoms with Crippen LogP contribution in [-0.4, -0.2) is 22.6 Å². The smallest absolute Gasteiger partial charge is 0.309 e. The maximum atomic E-state index is 13.2. The average molecular weight is 528 g/mol. The third-order valence-electron chi connectivity index (χ3n) is 11.7. The lowest BCUT2D eigenvalue weighted by molar-refractivity contribution is -0.158. The fourth-order valence-corrected chi connectivity index (χ4v) is 7.71. The summed E-state index contributed by atoms with van der Waals surface area (Å²) >= 11 is 0. The number of aliphatic carboxylic acids is 1. The number of Topliss-reactive ketones (excluding diaryl/α,β-unsaturated/α-hetero) is 2. The van der Waals surface area contributed by atoms with Crippen molar-refractivity contribution >= 4 is 17.5 Å². The van der Waals surface area contributed by atoms with Crippen LogP contribution in [0.2, 0.25) is 0 Å². The number of allylic oxidation sites excluding steroid dienone is 2. The Bertz CT molecular complexity index is 1030. The third-order valence-corrected chi connectivity index (χ3v) is 11.7. The van der Waals surface area contributed by atoms with Crippen LogP contribution in [0.3, 0.4) is 0 Å². The SMILES string of the molecule is CCC(C)(C)CC[C@@](C)(CCC(C)(C)[C@]1(C)CC[C@H]2C(C)(C)C(=O)C(C#N)=C[C@]2(C)[C@H]1CC(C)=O)C(=O)O. The van der Waals surface area contributed by atoms with E-state index in [0.717, 1.165) is 32.1 Å². The van der Waals surface area contributed by atoms with Gasteiger partial charge in [0.2, 0.25) is 0 Å². The molecule has 2 rings (SSSR count). The summed E-state index contributed by atoms with van der Waals surface area (Å²) in [4.78, 5) is 38.4. The van der Waals surface area contributed by atoms with Gasteiger partial charge in [0, 0.05) is 11.8 Å². The van der Waals surface area contributed by atoms with Crippen molar-refractivity contribution < 1.29 is 19.5 Å². The summed E-state index contributed by atoms with van der Waals surface area (Å²) in [5, 5.41) is 20.1. The summed E-state index contributed by atoms with van der Waals surface area (Å²) in [5.41, 5.74) is -2.20. The van der Waals surface area contributed by atoms with Gasteiger partial charge < -0.3 is 9.90 Å². The molecule has 1 fully saturated rings. The minimum Gasteiger partial charge on any atom is -0.481 e. The standard InChI is InChI=1S/C33H53NO4/c1-12-28(3,4)15-17-31(9,27(37)38)18-16-29(5,6)33(11)14-13-24-30(7,8)26(36)23(21-34)20-32(24,10)25(33)19-22(2)35/h20,24-25H,12-19H2,1-11H3,(H,37,38)/t24-,25+,31-,32-,33+/m0/s1. The Balaban J connectivity index is 2.51. The molecule has 2 aliphatic carbocycles. The summed E-state index contributed by atoms with van der Waals surface area (Å²) in [7, 11) is 0. The first kappa shape index (κ1) is 32.3. The summed E-state index contributed by atoms with van der Waals surface area (Å²) in [5.74, 6) is -0.757. The van der Waals surface area contributed by atoms with Crippen LogP contribution in [0.25, 0.3) is 0 Å². The van der Waals surface area contributed by atoms with E-state index in [2.05, 4.69) is 54.5 Å². The van der Waals surface area contributed by atoms with Crippen LogP contribution >= 0.6 is 0 Å². The number of carbonyl (C=O) groups is 3. The van der Waals surface area contributed by atoms with Crippen molar-refractivity contribution in [1.29, 1.82) is 5.26 Å². The molecule has 0 aromatic rings. The molecular weight excluding hydrogens is 474 g/mol. The molecule has 0 aliphatic heterocycles. The van der Waals surface area contributed by atoms with E-state index in [1.54, 1.807) is 6.92 Å². The molecule has 2 aliphatic rings. The van der Waals surface area contributed by atoms with Crippen molar-refractivity contribution in [1.82, 2.24) is 0 Å². The van der Waals surface area contributed by atoms with Gasteiger partial charge in [0.25, 0.3) is 0 Å². The Labute approximate surface area is 231 Å².